The molecule has 1 unspecified atom stereocenters. The molecule has 8 nitrogen and oxygen atoms in total. The van der Waals surface area contributed by atoms with Crippen LogP contribution in [0.4, 0.5) is 0 Å². The molecule has 0 aliphatic rings. The molecule has 0 aromatic carbocycles. The van der Waals surface area contributed by atoms with Gasteiger partial charge in [0.05, 0.1) is 6.61 Å². The second-order valence-electron chi connectivity index (χ2n) is 1.92. The number of hydrogen-bond donors (Lipinski definition) is 5. The van der Waals surface area contributed by atoms with Crippen molar-refractivity contribution in [2.75, 3.05) is 13.2 Å². The van der Waals surface area contributed by atoms with Crippen LogP contribution in [-0.4, -0.2) is 62.6 Å². The van der Waals surface area contributed by atoms with Crippen molar-refractivity contribution in [2.45, 2.75) is 6.10 Å². The number of aliphatic hydroxyl groups excluding tert-OH is 3. The Morgan fingerprint density at radius 3 is 1.50 bits per heavy atom. The fraction of sp³-hybridized carbons (Fsp3) is 0.500. The molecule has 1 atom stereocenters. The average Bonchev–Trinajstić information content (AvgIpc) is 2.15. The van der Waals surface area contributed by atoms with E-state index in [0.717, 1.165) is 0 Å². The number of hydrogen-bond acceptors (Lipinski definition) is 6. The summed E-state index contributed by atoms with van der Waals surface area (Å²) in [6, 6.07) is 0. The standard InChI is InChI=1S/C3H6O4.C3H4O4/c2*4-1-2(5)3(6)7/h2,4-5H,1H2,(H,6,7);4H,1H2,(H,6,7). The SMILES string of the molecule is O=C(O)C(=O)CO.O=C(O)C(O)CO. The first-order valence-electron chi connectivity index (χ1n) is 3.25. The molecular formula is C6H10O8. The topological polar surface area (TPSA) is 152 Å². The quantitative estimate of drug-likeness (QED) is 0.309. The smallest absolute Gasteiger partial charge is 0.374 e. The minimum Gasteiger partial charge on any atom is -0.479 e. The zero-order chi connectivity index (χ0) is 11.7. The van der Waals surface area contributed by atoms with E-state index >= 15 is 0 Å². The van der Waals surface area contributed by atoms with Crippen molar-refractivity contribution < 1.29 is 39.9 Å². The fourth-order valence-electron chi connectivity index (χ4n) is 0.146. The molecule has 0 spiro atoms. The van der Waals surface area contributed by atoms with E-state index in [0.29, 0.717) is 0 Å². The highest BCUT2D eigenvalue weighted by atomic mass is 16.4. The molecule has 5 N–H and O–H groups in total. The van der Waals surface area contributed by atoms with Crippen molar-refractivity contribution in [2.24, 2.45) is 0 Å². The Kier molecular flexibility index (Phi) is 8.68. The predicted octanol–water partition coefficient (Wildman–Crippen LogP) is -2.94. The maximum atomic E-state index is 9.66. The molecule has 14 heavy (non-hydrogen) atoms. The summed E-state index contributed by atoms with van der Waals surface area (Å²) >= 11 is 0. The Morgan fingerprint density at radius 1 is 1.07 bits per heavy atom. The van der Waals surface area contributed by atoms with Gasteiger partial charge in [0.25, 0.3) is 5.78 Å². The van der Waals surface area contributed by atoms with Crippen molar-refractivity contribution in [1.82, 2.24) is 0 Å². The largest absolute Gasteiger partial charge is 0.479 e. The lowest BCUT2D eigenvalue weighted by molar-refractivity contribution is -0.150. The molecule has 0 amide bonds. The minimum absolute atomic E-state index is 0.727. The van der Waals surface area contributed by atoms with Gasteiger partial charge in [0.15, 0.2) is 6.10 Å². The van der Waals surface area contributed by atoms with Crippen LogP contribution in [0.2, 0.25) is 0 Å². The third-order valence-corrected chi connectivity index (χ3v) is 0.840. The number of carbonyl (C=O) groups excluding carboxylic acids is 1. The van der Waals surface area contributed by atoms with E-state index in [2.05, 4.69) is 0 Å². The summed E-state index contributed by atoms with van der Waals surface area (Å²) in [5.74, 6) is -4.18. The predicted molar refractivity (Wildman–Crippen MR) is 40.5 cm³/mol. The molecule has 0 saturated heterocycles. The third-order valence-electron chi connectivity index (χ3n) is 0.840. The first-order valence-corrected chi connectivity index (χ1v) is 3.25. The minimum atomic E-state index is -1.63. The van der Waals surface area contributed by atoms with E-state index in [9.17, 15) is 14.4 Å². The first kappa shape index (κ1) is 15.0. The Labute approximate surface area is 78.0 Å². The molecule has 82 valence electrons. The average molecular weight is 210 g/mol. The van der Waals surface area contributed by atoms with Crippen molar-refractivity contribution >= 4 is 17.7 Å². The number of aliphatic hydroxyl groups is 3. The lowest BCUT2D eigenvalue weighted by atomic mass is 10.4. The molecule has 0 bridgehead atoms. The van der Waals surface area contributed by atoms with E-state index in [1.165, 1.54) is 0 Å². The molecular weight excluding hydrogens is 200 g/mol. The summed E-state index contributed by atoms with van der Waals surface area (Å²) in [4.78, 5) is 28.6. The number of rotatable bonds is 4. The van der Waals surface area contributed by atoms with Gasteiger partial charge in [0, 0.05) is 0 Å². The summed E-state index contributed by atoms with van der Waals surface area (Å²) in [6.07, 6.45) is -1.63. The van der Waals surface area contributed by atoms with Crippen LogP contribution in [0.5, 0.6) is 0 Å². The number of Topliss-reactive ketones (excluding diaryl/α,β-unsaturated/α-hetero) is 1. The van der Waals surface area contributed by atoms with Crippen molar-refractivity contribution in [3.63, 3.8) is 0 Å². The van der Waals surface area contributed by atoms with Crippen LogP contribution in [0, 0.1) is 0 Å². The van der Waals surface area contributed by atoms with Crippen LogP contribution >= 0.6 is 0 Å². The van der Waals surface area contributed by atoms with Crippen LogP contribution in [0.25, 0.3) is 0 Å². The van der Waals surface area contributed by atoms with Gasteiger partial charge in [-0.1, -0.05) is 0 Å². The van der Waals surface area contributed by atoms with Gasteiger partial charge in [0.2, 0.25) is 0 Å². The Bertz CT molecular complexity index is 210. The van der Waals surface area contributed by atoms with Gasteiger partial charge < -0.3 is 25.5 Å². The molecule has 0 fully saturated rings. The second kappa shape index (κ2) is 8.10. The molecule has 0 radical (unpaired) electrons. The molecule has 0 aromatic heterocycles. The monoisotopic (exact) mass is 210 g/mol. The summed E-state index contributed by atoms with van der Waals surface area (Å²) in [6.45, 7) is -1.65. The molecule has 8 heteroatoms. The van der Waals surface area contributed by atoms with Crippen molar-refractivity contribution in [3.05, 3.63) is 0 Å². The van der Waals surface area contributed by atoms with Gasteiger partial charge in [-0.05, 0) is 0 Å². The zero-order valence-electron chi connectivity index (χ0n) is 6.95. The highest BCUT2D eigenvalue weighted by Crippen LogP contribution is 1.75. The van der Waals surface area contributed by atoms with Gasteiger partial charge >= 0.3 is 11.9 Å². The maximum absolute atomic E-state index is 9.66. The van der Waals surface area contributed by atoms with Gasteiger partial charge in [-0.25, -0.2) is 9.59 Å². The molecule has 0 rings (SSSR count). The van der Waals surface area contributed by atoms with E-state index in [1.54, 1.807) is 0 Å². The highest BCUT2D eigenvalue weighted by Gasteiger charge is 2.09. The first-order chi connectivity index (χ1) is 6.36. The normalized spacial score (nSPS) is 10.8. The van der Waals surface area contributed by atoms with E-state index in [1.807, 2.05) is 0 Å². The number of aliphatic carboxylic acids is 2. The van der Waals surface area contributed by atoms with Crippen LogP contribution in [0.3, 0.4) is 0 Å². The summed E-state index contributed by atoms with van der Waals surface area (Å²) < 4.78 is 0. The van der Waals surface area contributed by atoms with E-state index in [-0.39, 0.29) is 0 Å². The van der Waals surface area contributed by atoms with E-state index in [4.69, 9.17) is 25.5 Å². The Hall–Kier alpha value is -1.51. The highest BCUT2D eigenvalue weighted by molar-refractivity contribution is 6.33. The van der Waals surface area contributed by atoms with Gasteiger partial charge in [-0.15, -0.1) is 0 Å². The van der Waals surface area contributed by atoms with Crippen molar-refractivity contribution in [1.29, 1.82) is 0 Å². The van der Waals surface area contributed by atoms with E-state index < -0.39 is 37.0 Å². The molecule has 0 aliphatic carbocycles. The van der Waals surface area contributed by atoms with Crippen LogP contribution < -0.4 is 0 Å². The molecule has 0 saturated carbocycles. The maximum Gasteiger partial charge on any atom is 0.374 e. The Balaban J connectivity index is 0. The number of carboxylic acid groups (broad SMARTS) is 2. The molecule has 0 aliphatic heterocycles. The second-order valence-corrected chi connectivity index (χ2v) is 1.92. The molecule has 0 heterocycles. The lowest BCUT2D eigenvalue weighted by Gasteiger charge is -1.95. The van der Waals surface area contributed by atoms with Crippen molar-refractivity contribution in [3.8, 4) is 0 Å². The number of ketones is 1. The van der Waals surface area contributed by atoms with Crippen LogP contribution in [0.1, 0.15) is 0 Å². The Morgan fingerprint density at radius 2 is 1.50 bits per heavy atom. The van der Waals surface area contributed by atoms with Crippen LogP contribution in [0.15, 0.2) is 0 Å². The summed E-state index contributed by atoms with van der Waals surface area (Å²) in [5, 5.41) is 39.2. The third kappa shape index (κ3) is 8.59. The molecule has 0 aromatic rings. The van der Waals surface area contributed by atoms with Gasteiger partial charge in [-0.3, -0.25) is 4.79 Å². The zero-order valence-corrected chi connectivity index (χ0v) is 6.95. The van der Waals surface area contributed by atoms with Gasteiger partial charge in [-0.2, -0.15) is 0 Å². The fourth-order valence-corrected chi connectivity index (χ4v) is 0.146. The summed E-state index contributed by atoms with van der Waals surface area (Å²) in [5.41, 5.74) is 0. The summed E-state index contributed by atoms with van der Waals surface area (Å²) in [7, 11) is 0. The number of carboxylic acids is 2. The van der Waals surface area contributed by atoms with Gasteiger partial charge in [0.1, 0.15) is 6.61 Å². The lowest BCUT2D eigenvalue weighted by Crippen LogP contribution is -2.22. The number of carbonyl (C=O) groups is 3. The van der Waals surface area contributed by atoms with Crippen LogP contribution in [-0.2, 0) is 14.4 Å².